The molecule has 1 aromatic heterocycles. The molecule has 1 saturated heterocycles. The molecule has 1 fully saturated rings. The molecule has 0 saturated carbocycles. The number of hydrogen-bond acceptors (Lipinski definition) is 8. The van der Waals surface area contributed by atoms with Crippen molar-refractivity contribution in [3.63, 3.8) is 0 Å². The lowest BCUT2D eigenvalue weighted by atomic mass is 9.99. The lowest BCUT2D eigenvalue weighted by Crippen LogP contribution is -2.34. The fourth-order valence-electron chi connectivity index (χ4n) is 2.42. The summed E-state index contributed by atoms with van der Waals surface area (Å²) in [7, 11) is 1.59. The van der Waals surface area contributed by atoms with E-state index in [0.29, 0.717) is 24.9 Å². The molecule has 9 heteroatoms. The maximum Gasteiger partial charge on any atom is 0.353 e. The van der Waals surface area contributed by atoms with Crippen LogP contribution >= 0.6 is 0 Å². The summed E-state index contributed by atoms with van der Waals surface area (Å²) >= 11 is 0. The molecule has 0 spiro atoms. The number of nitrogens with zero attached hydrogens (tertiary/aromatic N) is 4. The van der Waals surface area contributed by atoms with Crippen LogP contribution in [0.5, 0.6) is 0 Å². The van der Waals surface area contributed by atoms with Gasteiger partial charge in [-0.1, -0.05) is 6.92 Å². The highest BCUT2D eigenvalue weighted by molar-refractivity contribution is 5.71. The van der Waals surface area contributed by atoms with E-state index in [9.17, 15) is 10.1 Å². The normalized spacial score (nSPS) is 15.8. The van der Waals surface area contributed by atoms with Gasteiger partial charge in [0.1, 0.15) is 0 Å². The third-order valence-corrected chi connectivity index (χ3v) is 3.75. The van der Waals surface area contributed by atoms with E-state index >= 15 is 0 Å². The maximum absolute atomic E-state index is 11.3. The van der Waals surface area contributed by atoms with Crippen LogP contribution < -0.4 is 16.0 Å². The first kappa shape index (κ1) is 16.2. The number of nitrogens with two attached hydrogens (primary N) is 1. The standard InChI is InChI=1S/C13H22N6O3/c1-9-3-6-18(7-4-9)12-10(19(20)21)11(14)16-13(17-12)15-5-8-22-2/h9H,3-8H2,1-2H3,(H3,14,15,16,17). The van der Waals surface area contributed by atoms with E-state index in [-0.39, 0.29) is 17.5 Å². The molecule has 0 aromatic carbocycles. The third kappa shape index (κ3) is 3.73. The summed E-state index contributed by atoms with van der Waals surface area (Å²) in [5.74, 6) is 1.08. The Bertz CT molecular complexity index is 531. The highest BCUT2D eigenvalue weighted by atomic mass is 16.6. The smallest absolute Gasteiger partial charge is 0.353 e. The summed E-state index contributed by atoms with van der Waals surface area (Å²) in [6.07, 6.45) is 1.96. The molecule has 122 valence electrons. The van der Waals surface area contributed by atoms with Crippen LogP contribution in [0.15, 0.2) is 0 Å². The van der Waals surface area contributed by atoms with Crippen LogP contribution in [0.1, 0.15) is 19.8 Å². The Morgan fingerprint density at radius 3 is 2.73 bits per heavy atom. The van der Waals surface area contributed by atoms with Crippen LogP contribution in [0, 0.1) is 16.0 Å². The number of anilines is 3. The molecule has 2 heterocycles. The van der Waals surface area contributed by atoms with Crippen molar-refractivity contribution < 1.29 is 9.66 Å². The Morgan fingerprint density at radius 2 is 2.14 bits per heavy atom. The van der Waals surface area contributed by atoms with Crippen LogP contribution in [0.2, 0.25) is 0 Å². The number of piperidine rings is 1. The summed E-state index contributed by atoms with van der Waals surface area (Å²) in [6.45, 7) is 4.63. The van der Waals surface area contributed by atoms with Gasteiger partial charge in [-0.2, -0.15) is 9.97 Å². The van der Waals surface area contributed by atoms with Gasteiger partial charge in [-0.15, -0.1) is 0 Å². The van der Waals surface area contributed by atoms with E-state index in [1.807, 2.05) is 4.90 Å². The quantitative estimate of drug-likeness (QED) is 0.458. The molecule has 1 aliphatic rings. The van der Waals surface area contributed by atoms with Gasteiger partial charge in [-0.05, 0) is 18.8 Å². The number of nitrogens with one attached hydrogen (secondary N) is 1. The number of nitro groups is 1. The van der Waals surface area contributed by atoms with Gasteiger partial charge < -0.3 is 20.7 Å². The molecule has 0 amide bonds. The van der Waals surface area contributed by atoms with Crippen molar-refractivity contribution in [1.29, 1.82) is 0 Å². The van der Waals surface area contributed by atoms with E-state index in [1.54, 1.807) is 7.11 Å². The first-order chi connectivity index (χ1) is 10.5. The average molecular weight is 310 g/mol. The second-order valence-electron chi connectivity index (χ2n) is 5.45. The van der Waals surface area contributed by atoms with Crippen molar-refractivity contribution in [1.82, 2.24) is 9.97 Å². The maximum atomic E-state index is 11.3. The molecular formula is C13H22N6O3. The minimum atomic E-state index is -0.512. The zero-order chi connectivity index (χ0) is 16.1. The third-order valence-electron chi connectivity index (χ3n) is 3.75. The predicted octanol–water partition coefficient (Wildman–Crippen LogP) is 1.26. The summed E-state index contributed by atoms with van der Waals surface area (Å²) in [6, 6.07) is 0. The molecule has 9 nitrogen and oxygen atoms in total. The molecule has 1 aliphatic heterocycles. The number of hydrogen-bond donors (Lipinski definition) is 2. The van der Waals surface area contributed by atoms with Gasteiger partial charge in [0.2, 0.25) is 17.6 Å². The fourth-order valence-corrected chi connectivity index (χ4v) is 2.42. The largest absolute Gasteiger partial charge is 0.383 e. The van der Waals surface area contributed by atoms with Crippen molar-refractivity contribution in [2.24, 2.45) is 5.92 Å². The summed E-state index contributed by atoms with van der Waals surface area (Å²) in [5.41, 5.74) is 5.55. The first-order valence-electron chi connectivity index (χ1n) is 7.32. The van der Waals surface area contributed by atoms with Crippen molar-refractivity contribution in [2.45, 2.75) is 19.8 Å². The molecule has 0 atom stereocenters. The Morgan fingerprint density at radius 1 is 1.45 bits per heavy atom. The van der Waals surface area contributed by atoms with E-state index in [4.69, 9.17) is 10.5 Å². The van der Waals surface area contributed by atoms with Crippen LogP contribution in [0.4, 0.5) is 23.3 Å². The second-order valence-corrected chi connectivity index (χ2v) is 5.45. The summed E-state index contributed by atoms with van der Waals surface area (Å²) < 4.78 is 4.95. The number of methoxy groups -OCH3 is 1. The zero-order valence-corrected chi connectivity index (χ0v) is 12.9. The molecule has 22 heavy (non-hydrogen) atoms. The van der Waals surface area contributed by atoms with Crippen molar-refractivity contribution in [2.75, 3.05) is 49.3 Å². The Kier molecular flexibility index (Phi) is 5.31. The van der Waals surface area contributed by atoms with E-state index < -0.39 is 4.92 Å². The second kappa shape index (κ2) is 7.21. The fraction of sp³-hybridized carbons (Fsp3) is 0.692. The van der Waals surface area contributed by atoms with Gasteiger partial charge in [-0.3, -0.25) is 10.1 Å². The predicted molar refractivity (Wildman–Crippen MR) is 84.1 cm³/mol. The topological polar surface area (TPSA) is 119 Å². The van der Waals surface area contributed by atoms with E-state index in [1.165, 1.54) is 0 Å². The highest BCUT2D eigenvalue weighted by Gasteiger charge is 2.29. The van der Waals surface area contributed by atoms with Gasteiger partial charge >= 0.3 is 5.69 Å². The molecule has 2 rings (SSSR count). The zero-order valence-electron chi connectivity index (χ0n) is 12.9. The van der Waals surface area contributed by atoms with Gasteiger partial charge in [-0.25, -0.2) is 0 Å². The van der Waals surface area contributed by atoms with E-state index in [0.717, 1.165) is 25.9 Å². The Labute approximate surface area is 129 Å². The molecule has 1 aromatic rings. The minimum Gasteiger partial charge on any atom is -0.383 e. The molecule has 0 radical (unpaired) electrons. The van der Waals surface area contributed by atoms with Crippen LogP contribution in [0.25, 0.3) is 0 Å². The van der Waals surface area contributed by atoms with Crippen molar-refractivity contribution >= 4 is 23.3 Å². The molecular weight excluding hydrogens is 288 g/mol. The summed E-state index contributed by atoms with van der Waals surface area (Å²) in [5, 5.41) is 14.3. The first-order valence-corrected chi connectivity index (χ1v) is 7.32. The number of aromatic nitrogens is 2. The molecule has 0 aliphatic carbocycles. The van der Waals surface area contributed by atoms with Gasteiger partial charge in [0.15, 0.2) is 0 Å². The monoisotopic (exact) mass is 310 g/mol. The molecule has 3 N–H and O–H groups in total. The van der Waals surface area contributed by atoms with Crippen molar-refractivity contribution in [3.05, 3.63) is 10.1 Å². The van der Waals surface area contributed by atoms with Crippen molar-refractivity contribution in [3.8, 4) is 0 Å². The van der Waals surface area contributed by atoms with Gasteiger partial charge in [0.05, 0.1) is 11.5 Å². The number of nitrogen functional groups attached to an aromatic ring is 1. The lowest BCUT2D eigenvalue weighted by Gasteiger charge is -2.31. The van der Waals surface area contributed by atoms with Crippen LogP contribution in [-0.4, -0.2) is 48.2 Å². The number of rotatable bonds is 6. The van der Waals surface area contributed by atoms with Crippen LogP contribution in [0.3, 0.4) is 0 Å². The SMILES string of the molecule is COCCNc1nc(N)c([N+](=O)[O-])c(N2CCC(C)CC2)n1. The lowest BCUT2D eigenvalue weighted by molar-refractivity contribution is -0.383. The van der Waals surface area contributed by atoms with E-state index in [2.05, 4.69) is 22.2 Å². The Balaban J connectivity index is 2.29. The van der Waals surface area contributed by atoms with Gasteiger partial charge in [0.25, 0.3) is 0 Å². The summed E-state index contributed by atoms with van der Waals surface area (Å²) in [4.78, 5) is 21.0. The molecule has 0 unspecified atom stereocenters. The Hall–Kier alpha value is -2.16. The van der Waals surface area contributed by atoms with Gasteiger partial charge in [0, 0.05) is 26.7 Å². The molecule has 0 bridgehead atoms. The minimum absolute atomic E-state index is 0.117. The van der Waals surface area contributed by atoms with Crippen LogP contribution in [-0.2, 0) is 4.74 Å². The highest BCUT2D eigenvalue weighted by Crippen LogP contribution is 2.34. The average Bonchev–Trinajstić information content (AvgIpc) is 2.47. The number of ether oxygens (including phenoxy) is 1.